The monoisotopic (exact) mass is 1230 g/mol. The van der Waals surface area contributed by atoms with E-state index in [9.17, 15) is 54.3 Å². The number of aliphatic carboxylic acids is 3. The van der Waals surface area contributed by atoms with E-state index in [2.05, 4.69) is 20.8 Å². The molecule has 2 aliphatic heterocycles. The minimum absolute atomic E-state index is 0. The van der Waals surface area contributed by atoms with Crippen LogP contribution in [0.1, 0.15) is 60.8 Å². The summed E-state index contributed by atoms with van der Waals surface area (Å²) in [6, 6.07) is 10.5. The minimum Gasteiger partial charge on any atom is -0.508 e. The van der Waals surface area contributed by atoms with Gasteiger partial charge in [0.25, 0.3) is 5.91 Å². The number of carbonyl (C=O) groups is 6. The molecule has 26 heteroatoms. The fourth-order valence-corrected chi connectivity index (χ4v) is 8.50. The van der Waals surface area contributed by atoms with Crippen LogP contribution in [0.3, 0.4) is 0 Å². The largest absolute Gasteiger partial charge is 0.508 e. The van der Waals surface area contributed by atoms with Gasteiger partial charge in [-0.15, -0.1) is 10.2 Å². The number of aromatic nitrogens is 3. The summed E-state index contributed by atoms with van der Waals surface area (Å²) in [4.78, 5) is 81.9. The summed E-state index contributed by atoms with van der Waals surface area (Å²) in [5, 5.41) is 63.5. The molecule has 25 nitrogen and oxygen atoms in total. The van der Waals surface area contributed by atoms with Gasteiger partial charge >= 0.3 is 17.9 Å². The summed E-state index contributed by atoms with van der Waals surface area (Å²) < 4.78 is 23.9. The third-order valence-electron chi connectivity index (χ3n) is 12.6. The molecule has 0 bridgehead atoms. The number of carboxylic acids is 3. The first kappa shape index (κ1) is 63.4. The van der Waals surface area contributed by atoms with Crippen molar-refractivity contribution in [3.63, 3.8) is 0 Å². The van der Waals surface area contributed by atoms with Gasteiger partial charge in [-0.1, -0.05) is 26.0 Å². The number of nitrogens with one attached hydrogen (secondary N) is 2. The van der Waals surface area contributed by atoms with Gasteiger partial charge in [0.2, 0.25) is 17.6 Å². The number of benzene rings is 2. The molecule has 0 unspecified atom stereocenters. The van der Waals surface area contributed by atoms with Crippen LogP contribution >= 0.6 is 0 Å². The molecule has 2 aromatic carbocycles. The van der Waals surface area contributed by atoms with E-state index in [4.69, 9.17) is 18.9 Å². The number of hydrogen-bond acceptors (Lipinski definition) is 18. The van der Waals surface area contributed by atoms with Crippen molar-refractivity contribution in [2.45, 2.75) is 39.0 Å². The van der Waals surface area contributed by atoms with E-state index in [-0.39, 0.29) is 162 Å². The molecule has 2 fully saturated rings. The molecule has 0 spiro atoms. The van der Waals surface area contributed by atoms with Gasteiger partial charge in [-0.05, 0) is 42.2 Å². The quantitative estimate of drug-likeness (QED) is 0.0457. The van der Waals surface area contributed by atoms with Crippen LogP contribution in [-0.4, -0.2) is 258 Å². The van der Waals surface area contributed by atoms with Crippen molar-refractivity contribution >= 4 is 35.6 Å². The van der Waals surface area contributed by atoms with Crippen molar-refractivity contribution in [1.82, 2.24) is 49.9 Å². The molecule has 3 amide bonds. The number of aromatic hydroxyl groups is 2. The Hall–Kier alpha value is -5.09. The number of phenolic OH excluding ortho intramolecular Hbond substituents is 2. The minimum atomic E-state index is -1.03. The van der Waals surface area contributed by atoms with Gasteiger partial charge in [-0.25, -0.2) is 0 Å². The molecule has 1 radical (unpaired) electrons. The molecule has 2 saturated heterocycles. The number of amides is 3. The third-order valence-corrected chi connectivity index (χ3v) is 12.6. The molecule has 5 rings (SSSR count). The molecule has 2 aliphatic rings. The second kappa shape index (κ2) is 33.3. The Balaban J connectivity index is 0.0000125. The Morgan fingerprint density at radius 1 is 0.632 bits per heavy atom. The number of rotatable bonds is 29. The van der Waals surface area contributed by atoms with Gasteiger partial charge < -0.3 is 60.0 Å². The first-order valence-electron chi connectivity index (χ1n) is 25.3. The second-order valence-electron chi connectivity index (χ2n) is 18.5. The van der Waals surface area contributed by atoms with E-state index in [1.807, 2.05) is 43.0 Å². The summed E-state index contributed by atoms with van der Waals surface area (Å²) in [5.41, 5.74) is 2.55. The molecule has 76 heavy (non-hydrogen) atoms. The SMILES string of the molecule is CCNC(=O)c1nnc(-c2cc(C(C)C)c(O)cc2O)n1-c1ccc(C2CN(C(=O)CCOCCOCCOCCOCCNC(=O)CN3CCN(CC(=O)O)CCN(CC(=O)O)CCN(CC(=O)O)CC3)C2)cc1.[Lu]. The third kappa shape index (κ3) is 21.0. The number of ether oxygens (including phenoxy) is 4. The Morgan fingerprint density at radius 3 is 1.58 bits per heavy atom. The van der Waals surface area contributed by atoms with Gasteiger partial charge in [0, 0.05) is 133 Å². The molecular weight excluding hydrogens is 1160 g/mol. The molecule has 0 aliphatic carbocycles. The van der Waals surface area contributed by atoms with Gasteiger partial charge in [0.15, 0.2) is 5.82 Å². The zero-order chi connectivity index (χ0) is 54.3. The molecule has 0 atom stereocenters. The standard InChI is InChI=1S/C50H74N10O15.Lu/c1-4-51-50(71)49-54-53-48(40-27-39(35(2)3)41(61)28-42(40)62)60(49)38-7-5-36(6-8-38)37-29-59(30-37)44(64)9-19-72-21-23-74-25-26-75-24-22-73-20-10-52-43(63)31-55-11-13-56(32-45(65)66)15-17-58(34-47(69)70)18-16-57(14-12-55)33-46(67)68;/h5-8,27-28,35,37,61-62H,4,9-26,29-34H2,1-3H3,(H,51,71)(H,52,63)(H,65,66)(H,67,68)(H,69,70);. The van der Waals surface area contributed by atoms with Crippen LogP contribution in [0.25, 0.3) is 17.1 Å². The summed E-state index contributed by atoms with van der Waals surface area (Å²) in [6.45, 7) is 11.5. The summed E-state index contributed by atoms with van der Waals surface area (Å²) in [7, 11) is 0. The Morgan fingerprint density at radius 2 is 1.11 bits per heavy atom. The molecule has 3 heterocycles. The van der Waals surface area contributed by atoms with Gasteiger partial charge in [-0.3, -0.25) is 52.9 Å². The predicted molar refractivity (Wildman–Crippen MR) is 271 cm³/mol. The van der Waals surface area contributed by atoms with E-state index < -0.39 is 23.8 Å². The summed E-state index contributed by atoms with van der Waals surface area (Å²) in [5.74, 6) is -3.66. The zero-order valence-electron chi connectivity index (χ0n) is 43.5. The normalized spacial score (nSPS) is 15.6. The van der Waals surface area contributed by atoms with Crippen molar-refractivity contribution in [2.75, 3.05) is 158 Å². The van der Waals surface area contributed by atoms with Crippen LogP contribution in [0.4, 0.5) is 0 Å². The van der Waals surface area contributed by atoms with Gasteiger partial charge in [0.1, 0.15) is 11.5 Å². The first-order chi connectivity index (χ1) is 36.0. The van der Waals surface area contributed by atoms with Crippen LogP contribution in [0.5, 0.6) is 11.5 Å². The van der Waals surface area contributed by atoms with Crippen molar-refractivity contribution in [3.05, 3.63) is 53.3 Å². The summed E-state index contributed by atoms with van der Waals surface area (Å²) in [6.07, 6.45) is 0.238. The average molecular weight is 1230 g/mol. The number of likely N-dealkylation sites (tertiary alicyclic amines) is 1. The number of carbonyl (C=O) groups excluding carboxylic acids is 3. The Labute approximate surface area is 471 Å². The van der Waals surface area contributed by atoms with Crippen molar-refractivity contribution in [2.24, 2.45) is 0 Å². The molecule has 1 aromatic heterocycles. The second-order valence-corrected chi connectivity index (χ2v) is 18.5. The van der Waals surface area contributed by atoms with Crippen molar-refractivity contribution in [3.8, 4) is 28.6 Å². The smallest absolute Gasteiger partial charge is 0.317 e. The molecule has 0 saturated carbocycles. The maximum Gasteiger partial charge on any atom is 0.317 e. The molecular formula is C50H74LuN10O15. The number of hydrogen-bond donors (Lipinski definition) is 7. The zero-order valence-corrected chi connectivity index (χ0v) is 45.1. The number of phenols is 2. The maximum atomic E-state index is 13.0. The predicted octanol–water partition coefficient (Wildman–Crippen LogP) is 0.193. The molecule has 429 valence electrons. The van der Waals surface area contributed by atoms with E-state index in [1.165, 1.54) is 6.07 Å². The number of carboxylic acid groups (broad SMARTS) is 3. The topological polar surface area (TPSA) is 311 Å². The average Bonchev–Trinajstić information content (AvgIpc) is 3.78. The van der Waals surface area contributed by atoms with Crippen molar-refractivity contribution in [1.29, 1.82) is 0 Å². The van der Waals surface area contributed by atoms with E-state index >= 15 is 0 Å². The van der Waals surface area contributed by atoms with E-state index in [0.29, 0.717) is 102 Å². The van der Waals surface area contributed by atoms with Crippen LogP contribution in [0.2, 0.25) is 0 Å². The molecule has 3 aromatic rings. The fraction of sp³-hybridized carbons (Fsp3) is 0.600. The maximum absolute atomic E-state index is 13.0. The van der Waals surface area contributed by atoms with Crippen LogP contribution in [0, 0.1) is 36.9 Å². The first-order valence-corrected chi connectivity index (χ1v) is 25.3. The van der Waals surface area contributed by atoms with Gasteiger partial charge in [0.05, 0.1) is 91.0 Å². The van der Waals surface area contributed by atoms with Crippen molar-refractivity contribution < 1.29 is 110 Å². The number of nitrogens with zero attached hydrogens (tertiary/aromatic N) is 8. The Bertz CT molecular complexity index is 2300. The molecule has 7 N–H and O–H groups in total. The summed E-state index contributed by atoms with van der Waals surface area (Å²) >= 11 is 0. The van der Waals surface area contributed by atoms with Crippen LogP contribution in [-0.2, 0) is 42.9 Å². The fourth-order valence-electron chi connectivity index (χ4n) is 8.50. The van der Waals surface area contributed by atoms with E-state index in [0.717, 1.165) is 5.56 Å². The van der Waals surface area contributed by atoms with E-state index in [1.54, 1.807) is 37.2 Å². The van der Waals surface area contributed by atoms with Crippen LogP contribution in [0.15, 0.2) is 36.4 Å². The van der Waals surface area contributed by atoms with Gasteiger partial charge in [-0.2, -0.15) is 0 Å². The van der Waals surface area contributed by atoms with Crippen LogP contribution < -0.4 is 10.6 Å². The Kier molecular flexibility index (Phi) is 27.8.